The molecule has 29 heavy (non-hydrogen) atoms. The molecule has 0 saturated carbocycles. The Kier molecular flexibility index (Phi) is 6.49. The predicted molar refractivity (Wildman–Crippen MR) is 109 cm³/mol. The summed E-state index contributed by atoms with van der Waals surface area (Å²) in [6.45, 7) is 5.66. The summed E-state index contributed by atoms with van der Waals surface area (Å²) in [6.07, 6.45) is 0. The van der Waals surface area contributed by atoms with Crippen molar-refractivity contribution in [3.05, 3.63) is 28.8 Å². The van der Waals surface area contributed by atoms with Crippen LogP contribution < -0.4 is 10.6 Å². The Hall–Kier alpha value is -2.92. The maximum atomic E-state index is 12.3. The van der Waals surface area contributed by atoms with Crippen LogP contribution in [0.5, 0.6) is 0 Å². The van der Waals surface area contributed by atoms with Crippen LogP contribution in [0, 0.1) is 6.92 Å². The van der Waals surface area contributed by atoms with Gasteiger partial charge in [0.05, 0.1) is 5.75 Å². The van der Waals surface area contributed by atoms with Crippen molar-refractivity contribution in [2.75, 3.05) is 16.4 Å². The second-order valence-corrected chi connectivity index (χ2v) is 7.37. The number of rotatable bonds is 7. The van der Waals surface area contributed by atoms with Crippen molar-refractivity contribution in [3.63, 3.8) is 0 Å². The van der Waals surface area contributed by atoms with Gasteiger partial charge in [-0.2, -0.15) is 0 Å². The molecular formula is C17H18ClN7O3S. The van der Waals surface area contributed by atoms with Crippen LogP contribution in [0.4, 0.5) is 11.5 Å². The summed E-state index contributed by atoms with van der Waals surface area (Å²) < 4.78 is 6.47. The van der Waals surface area contributed by atoms with Gasteiger partial charge in [-0.05, 0) is 41.9 Å². The molecule has 0 unspecified atom stereocenters. The van der Waals surface area contributed by atoms with E-state index < -0.39 is 0 Å². The third kappa shape index (κ3) is 4.93. The Morgan fingerprint density at radius 2 is 2.03 bits per heavy atom. The number of anilines is 2. The highest BCUT2D eigenvalue weighted by Gasteiger charge is 2.22. The van der Waals surface area contributed by atoms with Crippen molar-refractivity contribution in [2.24, 2.45) is 0 Å². The maximum Gasteiger partial charge on any atom is 0.234 e. The molecule has 2 heterocycles. The Balaban J connectivity index is 1.72. The van der Waals surface area contributed by atoms with E-state index in [1.165, 1.54) is 18.7 Å². The molecule has 152 valence electrons. The van der Waals surface area contributed by atoms with Gasteiger partial charge in [0, 0.05) is 24.2 Å². The zero-order chi connectivity index (χ0) is 21.0. The molecule has 0 aliphatic carbocycles. The lowest BCUT2D eigenvalue weighted by Gasteiger charge is -2.09. The van der Waals surface area contributed by atoms with E-state index >= 15 is 0 Å². The third-order valence-electron chi connectivity index (χ3n) is 3.83. The number of hydrogen-bond acceptors (Lipinski definition) is 8. The van der Waals surface area contributed by atoms with E-state index in [2.05, 4.69) is 31.1 Å². The molecule has 0 radical (unpaired) electrons. The lowest BCUT2D eigenvalue weighted by atomic mass is 10.2. The van der Waals surface area contributed by atoms with Crippen LogP contribution in [-0.2, 0) is 16.1 Å². The van der Waals surface area contributed by atoms with E-state index in [0.717, 1.165) is 5.56 Å². The van der Waals surface area contributed by atoms with Crippen LogP contribution in [-0.4, -0.2) is 42.6 Å². The predicted octanol–water partition coefficient (Wildman–Crippen LogP) is 3.00. The first-order valence-electron chi connectivity index (χ1n) is 8.61. The molecule has 3 aromatic rings. The molecule has 12 heteroatoms. The smallest absolute Gasteiger partial charge is 0.234 e. The van der Waals surface area contributed by atoms with Crippen LogP contribution in [0.15, 0.2) is 28.0 Å². The first-order chi connectivity index (χ1) is 13.9. The standard InChI is InChI=1S/C17H18ClN7O3S/c1-4-25-16(14-15(19-10(3)26)24-28-23-14)21-22-17(25)29-8-13(27)20-12-7-11(18)6-5-9(12)2/h5-7H,4,8H2,1-3H3,(H,20,27)(H,19,24,26). The number of nitrogens with zero attached hydrogens (tertiary/aromatic N) is 5. The number of benzene rings is 1. The Labute approximate surface area is 175 Å². The SMILES string of the molecule is CCn1c(SCC(=O)Nc2cc(Cl)ccc2C)nnc1-c1nonc1NC(C)=O. The number of thioether (sulfide) groups is 1. The summed E-state index contributed by atoms with van der Waals surface area (Å²) in [5.41, 5.74) is 1.84. The highest BCUT2D eigenvalue weighted by Crippen LogP contribution is 2.27. The van der Waals surface area contributed by atoms with E-state index in [4.69, 9.17) is 16.2 Å². The molecule has 2 aromatic heterocycles. The molecular weight excluding hydrogens is 418 g/mol. The second-order valence-electron chi connectivity index (χ2n) is 5.99. The molecule has 0 saturated heterocycles. The van der Waals surface area contributed by atoms with Crippen molar-refractivity contribution in [1.29, 1.82) is 0 Å². The molecule has 3 rings (SSSR count). The number of carbonyl (C=O) groups is 2. The average molecular weight is 436 g/mol. The molecule has 0 spiro atoms. The van der Waals surface area contributed by atoms with Gasteiger partial charge in [-0.3, -0.25) is 9.59 Å². The number of amides is 2. The molecule has 10 nitrogen and oxygen atoms in total. The lowest BCUT2D eigenvalue weighted by Crippen LogP contribution is -2.15. The Bertz CT molecular complexity index is 1050. The van der Waals surface area contributed by atoms with Gasteiger partial charge in [-0.25, -0.2) is 4.63 Å². The fraction of sp³-hybridized carbons (Fsp3) is 0.294. The van der Waals surface area contributed by atoms with Crippen LogP contribution >= 0.6 is 23.4 Å². The molecule has 0 bridgehead atoms. The second kappa shape index (κ2) is 9.05. The molecule has 2 N–H and O–H groups in total. The molecule has 2 amide bonds. The Morgan fingerprint density at radius 3 is 2.76 bits per heavy atom. The fourth-order valence-corrected chi connectivity index (χ4v) is 3.46. The quantitative estimate of drug-likeness (QED) is 0.542. The number of aryl methyl sites for hydroxylation is 1. The summed E-state index contributed by atoms with van der Waals surface area (Å²) in [5.74, 6) is 0.151. The van der Waals surface area contributed by atoms with Gasteiger partial charge in [0.1, 0.15) is 0 Å². The molecule has 0 aliphatic heterocycles. The van der Waals surface area contributed by atoms with Gasteiger partial charge in [-0.1, -0.05) is 29.4 Å². The minimum absolute atomic E-state index is 0.125. The van der Waals surface area contributed by atoms with Gasteiger partial charge in [0.2, 0.25) is 17.6 Å². The van der Waals surface area contributed by atoms with Crippen molar-refractivity contribution in [1.82, 2.24) is 25.1 Å². The molecule has 0 aliphatic rings. The molecule has 0 fully saturated rings. The number of hydrogen-bond donors (Lipinski definition) is 2. The van der Waals surface area contributed by atoms with Crippen LogP contribution in [0.2, 0.25) is 5.02 Å². The third-order valence-corrected chi connectivity index (χ3v) is 5.04. The summed E-state index contributed by atoms with van der Waals surface area (Å²) in [7, 11) is 0. The number of nitrogens with one attached hydrogen (secondary N) is 2. The van der Waals surface area contributed by atoms with Gasteiger partial charge < -0.3 is 15.2 Å². The van der Waals surface area contributed by atoms with Crippen LogP contribution in [0.1, 0.15) is 19.4 Å². The summed E-state index contributed by atoms with van der Waals surface area (Å²) in [5, 5.41) is 22.2. The van der Waals surface area contributed by atoms with Crippen molar-refractivity contribution < 1.29 is 14.2 Å². The molecule has 1 aromatic carbocycles. The minimum Gasteiger partial charge on any atom is -0.325 e. The fourth-order valence-electron chi connectivity index (χ4n) is 2.49. The maximum absolute atomic E-state index is 12.3. The minimum atomic E-state index is -0.313. The van der Waals surface area contributed by atoms with Crippen molar-refractivity contribution in [2.45, 2.75) is 32.5 Å². The van der Waals surface area contributed by atoms with Gasteiger partial charge in [0.15, 0.2) is 16.7 Å². The summed E-state index contributed by atoms with van der Waals surface area (Å²) >= 11 is 7.21. The summed E-state index contributed by atoms with van der Waals surface area (Å²) in [6, 6.07) is 5.30. The van der Waals surface area contributed by atoms with Gasteiger partial charge in [-0.15, -0.1) is 10.2 Å². The monoisotopic (exact) mass is 435 g/mol. The summed E-state index contributed by atoms with van der Waals surface area (Å²) in [4.78, 5) is 23.6. The van der Waals surface area contributed by atoms with Gasteiger partial charge >= 0.3 is 0 Å². The van der Waals surface area contributed by atoms with E-state index in [1.54, 1.807) is 16.7 Å². The number of aromatic nitrogens is 5. The van der Waals surface area contributed by atoms with Crippen LogP contribution in [0.3, 0.4) is 0 Å². The van der Waals surface area contributed by atoms with Gasteiger partial charge in [0.25, 0.3) is 0 Å². The van der Waals surface area contributed by atoms with Crippen molar-refractivity contribution >= 4 is 46.7 Å². The first-order valence-corrected chi connectivity index (χ1v) is 9.98. The number of carbonyl (C=O) groups excluding carboxylic acids is 2. The highest BCUT2D eigenvalue weighted by molar-refractivity contribution is 7.99. The van der Waals surface area contributed by atoms with E-state index in [-0.39, 0.29) is 29.1 Å². The lowest BCUT2D eigenvalue weighted by molar-refractivity contribution is -0.114. The zero-order valence-corrected chi connectivity index (χ0v) is 17.5. The van der Waals surface area contributed by atoms with E-state index in [1.807, 2.05) is 19.9 Å². The normalized spacial score (nSPS) is 10.8. The zero-order valence-electron chi connectivity index (χ0n) is 15.9. The number of halogens is 1. The van der Waals surface area contributed by atoms with E-state index in [0.29, 0.717) is 28.2 Å². The highest BCUT2D eigenvalue weighted by atomic mass is 35.5. The average Bonchev–Trinajstić information content (AvgIpc) is 3.28. The van der Waals surface area contributed by atoms with Crippen molar-refractivity contribution in [3.8, 4) is 11.5 Å². The molecule has 0 atom stereocenters. The largest absolute Gasteiger partial charge is 0.325 e. The van der Waals surface area contributed by atoms with Crippen LogP contribution in [0.25, 0.3) is 11.5 Å². The Morgan fingerprint density at radius 1 is 1.24 bits per heavy atom. The van der Waals surface area contributed by atoms with E-state index in [9.17, 15) is 9.59 Å². The first kappa shape index (κ1) is 20.8. The topological polar surface area (TPSA) is 128 Å².